The van der Waals surface area contributed by atoms with Gasteiger partial charge in [-0.25, -0.2) is 0 Å². The Morgan fingerprint density at radius 3 is 2.52 bits per heavy atom. The van der Waals surface area contributed by atoms with Gasteiger partial charge in [0, 0.05) is 34.1 Å². The molecule has 4 aromatic carbocycles. The van der Waals surface area contributed by atoms with Crippen LogP contribution in [0.4, 0.5) is 11.4 Å². The van der Waals surface area contributed by atoms with E-state index in [0.29, 0.717) is 34.9 Å². The third-order valence-corrected chi connectivity index (χ3v) is 5.84. The lowest BCUT2D eigenvalue weighted by Crippen LogP contribution is -2.27. The minimum Gasteiger partial charge on any atom is -0.457 e. The predicted molar refractivity (Wildman–Crippen MR) is 131 cm³/mol. The Morgan fingerprint density at radius 1 is 0.909 bits per heavy atom. The lowest BCUT2D eigenvalue weighted by molar-refractivity contribution is 0.0991. The fourth-order valence-corrected chi connectivity index (χ4v) is 4.21. The SMILES string of the molecule is CCCCN1C(=O)c2cccc3c(NC(=O)c4cccc(Oc5ccccc5)c4)ccc1c23. The van der Waals surface area contributed by atoms with E-state index in [2.05, 4.69) is 12.2 Å². The third-order valence-electron chi connectivity index (χ3n) is 5.84. The van der Waals surface area contributed by atoms with Gasteiger partial charge in [0.05, 0.1) is 5.69 Å². The standard InChI is InChI=1S/C28H24N2O3/c1-2-3-17-30-25-16-15-24(22-13-8-14-23(26(22)25)28(30)32)29-27(31)19-9-7-12-21(18-19)33-20-10-5-4-6-11-20/h4-16,18H,2-3,17H2,1H3,(H,29,31). The van der Waals surface area contributed by atoms with Crippen LogP contribution in [0.1, 0.15) is 40.5 Å². The molecular formula is C28H24N2O3. The van der Waals surface area contributed by atoms with Crippen LogP contribution in [0, 0.1) is 0 Å². The van der Waals surface area contributed by atoms with Gasteiger partial charge in [0.25, 0.3) is 11.8 Å². The molecule has 0 saturated carbocycles. The van der Waals surface area contributed by atoms with Crippen LogP contribution in [0.5, 0.6) is 11.5 Å². The van der Waals surface area contributed by atoms with Crippen LogP contribution in [-0.2, 0) is 0 Å². The molecule has 0 bridgehead atoms. The molecule has 0 radical (unpaired) electrons. The molecule has 0 fully saturated rings. The first-order valence-corrected chi connectivity index (χ1v) is 11.2. The van der Waals surface area contributed by atoms with Gasteiger partial charge < -0.3 is 15.0 Å². The maximum atomic E-state index is 13.1. The van der Waals surface area contributed by atoms with Crippen molar-refractivity contribution in [2.75, 3.05) is 16.8 Å². The van der Waals surface area contributed by atoms with Gasteiger partial charge in [-0.3, -0.25) is 9.59 Å². The lowest BCUT2D eigenvalue weighted by atomic mass is 10.0. The topological polar surface area (TPSA) is 58.6 Å². The van der Waals surface area contributed by atoms with Crippen molar-refractivity contribution in [3.05, 3.63) is 96.1 Å². The van der Waals surface area contributed by atoms with Crippen molar-refractivity contribution in [2.45, 2.75) is 19.8 Å². The van der Waals surface area contributed by atoms with E-state index in [1.807, 2.05) is 71.6 Å². The lowest BCUT2D eigenvalue weighted by Gasteiger charge is -2.17. The van der Waals surface area contributed by atoms with Crippen molar-refractivity contribution in [1.29, 1.82) is 0 Å². The van der Waals surface area contributed by atoms with E-state index in [-0.39, 0.29) is 11.8 Å². The van der Waals surface area contributed by atoms with Crippen LogP contribution in [0.3, 0.4) is 0 Å². The van der Waals surface area contributed by atoms with Crippen molar-refractivity contribution < 1.29 is 14.3 Å². The molecule has 5 rings (SSSR count). The Morgan fingerprint density at radius 2 is 1.70 bits per heavy atom. The van der Waals surface area contributed by atoms with Gasteiger partial charge in [-0.2, -0.15) is 0 Å². The second-order valence-electron chi connectivity index (χ2n) is 8.07. The molecule has 0 atom stereocenters. The zero-order valence-electron chi connectivity index (χ0n) is 18.4. The Bertz CT molecular complexity index is 1350. The van der Waals surface area contributed by atoms with Crippen LogP contribution < -0.4 is 15.0 Å². The zero-order valence-corrected chi connectivity index (χ0v) is 18.4. The van der Waals surface area contributed by atoms with Gasteiger partial charge >= 0.3 is 0 Å². The van der Waals surface area contributed by atoms with Crippen LogP contribution >= 0.6 is 0 Å². The summed E-state index contributed by atoms with van der Waals surface area (Å²) in [4.78, 5) is 27.9. The molecule has 164 valence electrons. The normalized spacial score (nSPS) is 12.3. The largest absolute Gasteiger partial charge is 0.457 e. The quantitative estimate of drug-likeness (QED) is 0.353. The number of ether oxygens (including phenoxy) is 1. The number of rotatable bonds is 7. The molecular weight excluding hydrogens is 412 g/mol. The number of nitrogens with zero attached hydrogens (tertiary/aromatic N) is 1. The minimum atomic E-state index is -0.235. The molecule has 1 aliphatic heterocycles. The highest BCUT2D eigenvalue weighted by Crippen LogP contribution is 2.40. The highest BCUT2D eigenvalue weighted by Gasteiger charge is 2.30. The van der Waals surface area contributed by atoms with Crippen LogP contribution in [0.25, 0.3) is 10.8 Å². The van der Waals surface area contributed by atoms with Gasteiger partial charge in [0.15, 0.2) is 0 Å². The van der Waals surface area contributed by atoms with Crippen LogP contribution in [0.15, 0.2) is 84.9 Å². The maximum Gasteiger partial charge on any atom is 0.258 e. The molecule has 5 heteroatoms. The maximum absolute atomic E-state index is 13.1. The van der Waals surface area contributed by atoms with Crippen molar-refractivity contribution in [3.63, 3.8) is 0 Å². The van der Waals surface area contributed by atoms with Crippen molar-refractivity contribution in [1.82, 2.24) is 0 Å². The first-order chi connectivity index (χ1) is 16.2. The van der Waals surface area contributed by atoms with E-state index < -0.39 is 0 Å². The van der Waals surface area contributed by atoms with Gasteiger partial charge in [0.1, 0.15) is 11.5 Å². The van der Waals surface area contributed by atoms with E-state index in [1.165, 1.54) is 0 Å². The van der Waals surface area contributed by atoms with E-state index >= 15 is 0 Å². The smallest absolute Gasteiger partial charge is 0.258 e. The van der Waals surface area contributed by atoms with E-state index in [9.17, 15) is 9.59 Å². The summed E-state index contributed by atoms with van der Waals surface area (Å²) in [6, 6.07) is 26.0. The third kappa shape index (κ3) is 3.94. The molecule has 2 amide bonds. The molecule has 0 aliphatic carbocycles. The van der Waals surface area contributed by atoms with E-state index in [4.69, 9.17) is 4.74 Å². The van der Waals surface area contributed by atoms with Crippen LogP contribution in [0.2, 0.25) is 0 Å². The van der Waals surface area contributed by atoms with Crippen molar-refractivity contribution in [3.8, 4) is 11.5 Å². The van der Waals surface area contributed by atoms with Crippen molar-refractivity contribution in [2.24, 2.45) is 0 Å². The Balaban J connectivity index is 1.43. The fraction of sp³-hybridized carbons (Fsp3) is 0.143. The summed E-state index contributed by atoms with van der Waals surface area (Å²) < 4.78 is 5.86. The first kappa shape index (κ1) is 20.8. The number of para-hydroxylation sites is 1. The monoisotopic (exact) mass is 436 g/mol. The molecule has 0 aromatic heterocycles. The molecule has 5 nitrogen and oxygen atoms in total. The summed E-state index contributed by atoms with van der Waals surface area (Å²) >= 11 is 0. The highest BCUT2D eigenvalue weighted by molar-refractivity contribution is 6.27. The summed E-state index contributed by atoms with van der Waals surface area (Å²) in [6.07, 6.45) is 1.96. The molecule has 0 unspecified atom stereocenters. The van der Waals surface area contributed by atoms with Gasteiger partial charge in [0.2, 0.25) is 0 Å². The van der Waals surface area contributed by atoms with Gasteiger partial charge in [-0.1, -0.05) is 49.7 Å². The summed E-state index contributed by atoms with van der Waals surface area (Å²) in [5, 5.41) is 4.79. The summed E-state index contributed by atoms with van der Waals surface area (Å²) in [6.45, 7) is 2.81. The molecule has 1 N–H and O–H groups in total. The number of carbonyl (C=O) groups is 2. The number of unbranched alkanes of at least 4 members (excludes halogenated alkanes) is 1. The predicted octanol–water partition coefficient (Wildman–Crippen LogP) is 6.64. The summed E-state index contributed by atoms with van der Waals surface area (Å²) in [7, 11) is 0. The average Bonchev–Trinajstić information content (AvgIpc) is 3.12. The fourth-order valence-electron chi connectivity index (χ4n) is 4.21. The highest BCUT2D eigenvalue weighted by atomic mass is 16.5. The van der Waals surface area contributed by atoms with Crippen LogP contribution in [-0.4, -0.2) is 18.4 Å². The first-order valence-electron chi connectivity index (χ1n) is 11.2. The Kier molecular flexibility index (Phi) is 5.53. The Hall–Kier alpha value is -4.12. The van der Waals surface area contributed by atoms with Crippen molar-refractivity contribution >= 4 is 34.0 Å². The number of hydrogen-bond acceptors (Lipinski definition) is 3. The Labute approximate surface area is 192 Å². The molecule has 4 aromatic rings. The molecule has 0 spiro atoms. The zero-order chi connectivity index (χ0) is 22.8. The summed E-state index contributed by atoms with van der Waals surface area (Å²) in [5.74, 6) is 1.09. The molecule has 33 heavy (non-hydrogen) atoms. The van der Waals surface area contributed by atoms with Gasteiger partial charge in [-0.15, -0.1) is 0 Å². The number of hydrogen-bond donors (Lipinski definition) is 1. The van der Waals surface area contributed by atoms with Gasteiger partial charge in [-0.05, 0) is 55.0 Å². The number of amides is 2. The van der Waals surface area contributed by atoms with E-state index in [0.717, 1.165) is 29.3 Å². The number of nitrogens with one attached hydrogen (secondary N) is 1. The molecule has 1 heterocycles. The second-order valence-corrected chi connectivity index (χ2v) is 8.07. The number of benzene rings is 4. The van der Waals surface area contributed by atoms with E-state index in [1.54, 1.807) is 18.2 Å². The summed E-state index contributed by atoms with van der Waals surface area (Å²) in [5.41, 5.74) is 2.77. The number of anilines is 2. The number of carbonyl (C=O) groups excluding carboxylic acids is 2. The average molecular weight is 437 g/mol. The molecule has 0 saturated heterocycles. The second kappa shape index (κ2) is 8.79. The molecule has 1 aliphatic rings. The minimum absolute atomic E-state index is 0.0262.